The van der Waals surface area contributed by atoms with Gasteiger partial charge in [-0.05, 0) is 38.1 Å². The third-order valence-electron chi connectivity index (χ3n) is 4.06. The summed E-state index contributed by atoms with van der Waals surface area (Å²) >= 11 is 0. The first kappa shape index (κ1) is 19.1. The van der Waals surface area contributed by atoms with Crippen molar-refractivity contribution in [2.24, 2.45) is 0 Å². The van der Waals surface area contributed by atoms with E-state index in [0.717, 1.165) is 5.69 Å². The molecule has 0 aliphatic rings. The Balaban J connectivity index is 1.60. The summed E-state index contributed by atoms with van der Waals surface area (Å²) in [5.74, 6) is -1.76. The van der Waals surface area contributed by atoms with E-state index < -0.39 is 23.7 Å². The molecule has 1 unspecified atom stereocenters. The van der Waals surface area contributed by atoms with E-state index in [-0.39, 0.29) is 5.75 Å². The Morgan fingerprint density at radius 1 is 1.07 bits per heavy atom. The van der Waals surface area contributed by atoms with Gasteiger partial charge in [0, 0.05) is 0 Å². The molecule has 2 aromatic carbocycles. The lowest BCUT2D eigenvalue weighted by atomic mass is 10.2. The molecule has 1 heterocycles. The van der Waals surface area contributed by atoms with Crippen molar-refractivity contribution < 1.29 is 18.7 Å². The molecule has 1 atom stereocenters. The molecule has 144 valence electrons. The molecule has 2 amide bonds. The van der Waals surface area contributed by atoms with Crippen LogP contribution in [0.25, 0.3) is 5.69 Å². The quantitative estimate of drug-likeness (QED) is 0.664. The smallest absolute Gasteiger partial charge is 0.279 e. The highest BCUT2D eigenvalue weighted by atomic mass is 19.1. The van der Waals surface area contributed by atoms with Gasteiger partial charge in [0.2, 0.25) is 0 Å². The lowest BCUT2D eigenvalue weighted by Crippen LogP contribution is -2.47. The molecule has 2 N–H and O–H groups in total. The van der Waals surface area contributed by atoms with Gasteiger partial charge in [0.05, 0.1) is 23.1 Å². The van der Waals surface area contributed by atoms with Gasteiger partial charge in [-0.3, -0.25) is 20.4 Å². The topological polar surface area (TPSA) is 85.2 Å². The number of carbonyl (C=O) groups is 2. The summed E-state index contributed by atoms with van der Waals surface area (Å²) in [5.41, 5.74) is 6.34. The molecule has 0 aliphatic carbocycles. The molecule has 0 radical (unpaired) electrons. The average Bonchev–Trinajstić information content (AvgIpc) is 3.09. The number of carbonyl (C=O) groups excluding carboxylic acids is 2. The number of hydrazine groups is 1. The SMILES string of the molecule is Cc1c(C(=O)NNC(=O)C(C)Oc2ccccc2F)cnn1-c1ccccc1. The normalized spacial score (nSPS) is 11.5. The van der Waals surface area contributed by atoms with Gasteiger partial charge in [0.1, 0.15) is 0 Å². The van der Waals surface area contributed by atoms with Crippen LogP contribution >= 0.6 is 0 Å². The summed E-state index contributed by atoms with van der Waals surface area (Å²) in [6, 6.07) is 15.1. The van der Waals surface area contributed by atoms with E-state index in [4.69, 9.17) is 4.74 Å². The van der Waals surface area contributed by atoms with E-state index >= 15 is 0 Å². The zero-order valence-corrected chi connectivity index (χ0v) is 15.3. The third kappa shape index (κ3) is 4.17. The highest BCUT2D eigenvalue weighted by Crippen LogP contribution is 2.17. The van der Waals surface area contributed by atoms with Crippen LogP contribution in [-0.4, -0.2) is 27.7 Å². The Kier molecular flexibility index (Phi) is 5.69. The van der Waals surface area contributed by atoms with Gasteiger partial charge in [-0.2, -0.15) is 5.10 Å². The number of nitrogens with zero attached hydrogens (tertiary/aromatic N) is 2. The van der Waals surface area contributed by atoms with Crippen molar-refractivity contribution in [3.63, 3.8) is 0 Å². The zero-order valence-electron chi connectivity index (χ0n) is 15.3. The summed E-state index contributed by atoms with van der Waals surface area (Å²) in [4.78, 5) is 24.5. The summed E-state index contributed by atoms with van der Waals surface area (Å²) < 4.78 is 20.5. The summed E-state index contributed by atoms with van der Waals surface area (Å²) in [6.07, 6.45) is 0.411. The second-order valence-electron chi connectivity index (χ2n) is 6.02. The van der Waals surface area contributed by atoms with Crippen LogP contribution in [0.5, 0.6) is 5.75 Å². The van der Waals surface area contributed by atoms with Crippen LogP contribution in [0.2, 0.25) is 0 Å². The Morgan fingerprint density at radius 2 is 1.75 bits per heavy atom. The summed E-state index contributed by atoms with van der Waals surface area (Å²) in [7, 11) is 0. The van der Waals surface area contributed by atoms with Gasteiger partial charge in [-0.25, -0.2) is 9.07 Å². The van der Waals surface area contributed by atoms with Gasteiger partial charge in [-0.15, -0.1) is 0 Å². The fraction of sp³-hybridized carbons (Fsp3) is 0.150. The lowest BCUT2D eigenvalue weighted by molar-refractivity contribution is -0.128. The zero-order chi connectivity index (χ0) is 20.1. The van der Waals surface area contributed by atoms with Crippen LogP contribution in [0.1, 0.15) is 23.0 Å². The number of nitrogens with one attached hydrogen (secondary N) is 2. The predicted octanol–water partition coefficient (Wildman–Crippen LogP) is 2.55. The number of aromatic nitrogens is 2. The fourth-order valence-electron chi connectivity index (χ4n) is 2.53. The highest BCUT2D eigenvalue weighted by Gasteiger charge is 2.19. The Hall–Kier alpha value is -3.68. The molecule has 3 rings (SSSR count). The molecule has 0 saturated carbocycles. The second-order valence-corrected chi connectivity index (χ2v) is 6.02. The number of rotatable bonds is 5. The Bertz CT molecular complexity index is 988. The molecule has 0 aliphatic heterocycles. The Morgan fingerprint density at radius 3 is 2.46 bits per heavy atom. The average molecular weight is 382 g/mol. The van der Waals surface area contributed by atoms with Gasteiger partial charge in [-0.1, -0.05) is 30.3 Å². The number of hydrogen-bond acceptors (Lipinski definition) is 4. The minimum Gasteiger partial charge on any atom is -0.478 e. The van der Waals surface area contributed by atoms with Gasteiger partial charge < -0.3 is 4.74 Å². The molecule has 8 heteroatoms. The van der Waals surface area contributed by atoms with Crippen LogP contribution in [-0.2, 0) is 4.79 Å². The standard InChI is InChI=1S/C20H19FN4O3/c1-13-16(12-22-25(13)15-8-4-3-5-9-15)20(27)24-23-19(26)14(2)28-18-11-7-6-10-17(18)21/h3-12,14H,1-2H3,(H,23,26)(H,24,27). The molecule has 28 heavy (non-hydrogen) atoms. The monoisotopic (exact) mass is 382 g/mol. The van der Waals surface area contributed by atoms with E-state index in [1.54, 1.807) is 17.7 Å². The van der Waals surface area contributed by atoms with Gasteiger partial charge in [0.15, 0.2) is 17.7 Å². The fourth-order valence-corrected chi connectivity index (χ4v) is 2.53. The maximum atomic E-state index is 13.6. The van der Waals surface area contributed by atoms with Crippen LogP contribution < -0.4 is 15.6 Å². The van der Waals surface area contributed by atoms with E-state index in [1.165, 1.54) is 31.3 Å². The first-order chi connectivity index (χ1) is 13.5. The maximum absolute atomic E-state index is 13.6. The first-order valence-corrected chi connectivity index (χ1v) is 8.59. The minimum atomic E-state index is -1.01. The van der Waals surface area contributed by atoms with Crippen LogP contribution in [0, 0.1) is 12.7 Å². The molecule has 7 nitrogen and oxygen atoms in total. The lowest BCUT2D eigenvalue weighted by Gasteiger charge is -2.15. The largest absolute Gasteiger partial charge is 0.478 e. The number of halogens is 1. The number of para-hydroxylation sites is 2. The minimum absolute atomic E-state index is 0.0449. The van der Waals surface area contributed by atoms with Crippen molar-refractivity contribution in [1.82, 2.24) is 20.6 Å². The van der Waals surface area contributed by atoms with Crippen LogP contribution in [0.4, 0.5) is 4.39 Å². The molecule has 0 spiro atoms. The van der Waals surface area contributed by atoms with Crippen molar-refractivity contribution >= 4 is 11.8 Å². The van der Waals surface area contributed by atoms with Crippen molar-refractivity contribution in [3.8, 4) is 11.4 Å². The van der Waals surface area contributed by atoms with E-state index in [1.807, 2.05) is 30.3 Å². The van der Waals surface area contributed by atoms with Crippen LogP contribution in [0.15, 0.2) is 60.8 Å². The molecule has 0 bridgehead atoms. The van der Waals surface area contributed by atoms with Gasteiger partial charge in [0.25, 0.3) is 11.8 Å². The first-order valence-electron chi connectivity index (χ1n) is 8.59. The molecular weight excluding hydrogens is 363 g/mol. The van der Waals surface area contributed by atoms with E-state index in [2.05, 4.69) is 16.0 Å². The number of hydrogen-bond donors (Lipinski definition) is 2. The molecule has 3 aromatic rings. The Labute approximate surface area is 161 Å². The maximum Gasteiger partial charge on any atom is 0.279 e. The number of amides is 2. The second kappa shape index (κ2) is 8.34. The molecule has 0 fully saturated rings. The summed E-state index contributed by atoms with van der Waals surface area (Å²) in [5, 5.41) is 4.21. The van der Waals surface area contributed by atoms with Crippen molar-refractivity contribution in [2.45, 2.75) is 20.0 Å². The highest BCUT2D eigenvalue weighted by molar-refractivity contribution is 5.96. The van der Waals surface area contributed by atoms with E-state index in [0.29, 0.717) is 11.3 Å². The molecular formula is C20H19FN4O3. The predicted molar refractivity (Wildman–Crippen MR) is 100 cm³/mol. The van der Waals surface area contributed by atoms with Crippen molar-refractivity contribution in [3.05, 3.63) is 77.9 Å². The third-order valence-corrected chi connectivity index (χ3v) is 4.06. The van der Waals surface area contributed by atoms with Crippen LogP contribution in [0.3, 0.4) is 0 Å². The van der Waals surface area contributed by atoms with Crippen molar-refractivity contribution in [2.75, 3.05) is 0 Å². The van der Waals surface area contributed by atoms with Gasteiger partial charge >= 0.3 is 0 Å². The van der Waals surface area contributed by atoms with E-state index in [9.17, 15) is 14.0 Å². The number of benzene rings is 2. The summed E-state index contributed by atoms with van der Waals surface area (Å²) in [6.45, 7) is 3.20. The molecule has 0 saturated heterocycles. The molecule has 1 aromatic heterocycles. The number of ether oxygens (including phenoxy) is 1. The van der Waals surface area contributed by atoms with Crippen molar-refractivity contribution in [1.29, 1.82) is 0 Å².